The zero-order chi connectivity index (χ0) is 25.4. The molecule has 1 aliphatic heterocycles. The molecule has 184 valence electrons. The van der Waals surface area contributed by atoms with Crippen LogP contribution in [0.1, 0.15) is 23.5 Å². The van der Waals surface area contributed by atoms with Crippen molar-refractivity contribution in [2.45, 2.75) is 12.1 Å². The third-order valence-electron chi connectivity index (χ3n) is 5.80. The van der Waals surface area contributed by atoms with E-state index in [0.717, 1.165) is 29.0 Å². The number of hydrogen-bond acceptors (Lipinski definition) is 4. The zero-order valence-electron chi connectivity index (χ0n) is 19.0. The van der Waals surface area contributed by atoms with E-state index < -0.39 is 10.0 Å². The normalized spacial score (nSPS) is 17.8. The van der Waals surface area contributed by atoms with Crippen LogP contribution in [0.4, 0.5) is 11.4 Å². The van der Waals surface area contributed by atoms with Crippen molar-refractivity contribution in [3.63, 3.8) is 0 Å². The zero-order valence-corrected chi connectivity index (χ0v) is 22.1. The van der Waals surface area contributed by atoms with Gasteiger partial charge in [0.1, 0.15) is 6.04 Å². The molecular weight excluding hydrogens is 537 g/mol. The topological polar surface area (TPSA) is 79.3 Å². The number of benzene rings is 2. The highest BCUT2D eigenvalue weighted by Gasteiger charge is 2.42. The van der Waals surface area contributed by atoms with Crippen LogP contribution in [-0.2, 0) is 10.0 Å². The van der Waals surface area contributed by atoms with Gasteiger partial charge in [-0.2, -0.15) is 0 Å². The van der Waals surface area contributed by atoms with Gasteiger partial charge in [-0.15, -0.1) is 0 Å². The van der Waals surface area contributed by atoms with Crippen molar-refractivity contribution in [2.75, 3.05) is 15.9 Å². The molecule has 2 aromatic carbocycles. The molecule has 0 amide bonds. The fourth-order valence-electron chi connectivity index (χ4n) is 4.37. The van der Waals surface area contributed by atoms with Gasteiger partial charge in [-0.25, -0.2) is 8.42 Å². The van der Waals surface area contributed by atoms with Crippen molar-refractivity contribution < 1.29 is 8.42 Å². The summed E-state index contributed by atoms with van der Waals surface area (Å²) < 4.78 is 27.8. The number of aromatic nitrogens is 2. The number of nitrogens with zero attached hydrogens (tertiary/aromatic N) is 3. The Balaban J connectivity index is 1.62. The fraction of sp³-hybridized carbons (Fsp3) is 0.120. The molecule has 1 fully saturated rings. The summed E-state index contributed by atoms with van der Waals surface area (Å²) in [6.45, 7) is 0. The number of sulfonamides is 1. The monoisotopic (exact) mass is 557 g/mol. The molecule has 0 aliphatic carbocycles. The summed E-state index contributed by atoms with van der Waals surface area (Å²) in [5.41, 5.74) is 3.81. The molecule has 0 bridgehead atoms. The summed E-state index contributed by atoms with van der Waals surface area (Å²) in [7, 11) is -3.39. The molecule has 5 rings (SSSR count). The molecule has 3 heterocycles. The first-order valence-electron chi connectivity index (χ1n) is 10.9. The van der Waals surface area contributed by atoms with E-state index in [0.29, 0.717) is 20.8 Å². The SMILES string of the molecule is CS(=O)(=O)Nc1ccc(N2C(=S)NC(c3ccccn3)C2c2cccn2-c2ccc(Cl)cc2Cl)cc1. The molecule has 36 heavy (non-hydrogen) atoms. The van der Waals surface area contributed by atoms with Crippen LogP contribution >= 0.6 is 35.4 Å². The number of halogens is 2. The number of rotatable bonds is 6. The second-order valence-electron chi connectivity index (χ2n) is 8.32. The van der Waals surface area contributed by atoms with Crippen LogP contribution in [0, 0.1) is 0 Å². The molecule has 1 aliphatic rings. The standard InChI is InChI=1S/C25H21Cl2N5O2S2/c1-36(33,34)30-17-8-10-18(11-9-17)32-24(23(29-25(32)35)20-5-2-3-13-28-20)22-6-4-14-31(22)21-12-7-16(26)15-19(21)27/h2-15,23-24,30H,1H3,(H,29,35). The van der Waals surface area contributed by atoms with E-state index >= 15 is 0 Å². The van der Waals surface area contributed by atoms with Gasteiger partial charge < -0.3 is 14.8 Å². The van der Waals surface area contributed by atoms with Gasteiger partial charge in [-0.1, -0.05) is 29.3 Å². The molecule has 2 N–H and O–H groups in total. The lowest BCUT2D eigenvalue weighted by Crippen LogP contribution is -2.30. The molecular formula is C25H21Cl2N5O2S2. The Labute approximate surface area is 224 Å². The molecule has 0 spiro atoms. The quantitative estimate of drug-likeness (QED) is 0.295. The van der Waals surface area contributed by atoms with E-state index in [1.165, 1.54) is 0 Å². The summed E-state index contributed by atoms with van der Waals surface area (Å²) in [6, 6.07) is 21.7. The third-order valence-corrected chi connectivity index (χ3v) is 7.26. The number of nitrogens with one attached hydrogen (secondary N) is 2. The molecule has 11 heteroatoms. The van der Waals surface area contributed by atoms with Crippen molar-refractivity contribution in [1.29, 1.82) is 0 Å². The van der Waals surface area contributed by atoms with Crippen molar-refractivity contribution in [3.05, 3.63) is 107 Å². The number of hydrogen-bond donors (Lipinski definition) is 2. The van der Waals surface area contributed by atoms with Crippen LogP contribution in [-0.4, -0.2) is 29.3 Å². The minimum absolute atomic E-state index is 0.257. The number of pyridine rings is 1. The smallest absolute Gasteiger partial charge is 0.229 e. The molecule has 0 radical (unpaired) electrons. The van der Waals surface area contributed by atoms with E-state index in [9.17, 15) is 8.42 Å². The lowest BCUT2D eigenvalue weighted by Gasteiger charge is -2.29. The van der Waals surface area contributed by atoms with Crippen molar-refractivity contribution in [2.24, 2.45) is 0 Å². The van der Waals surface area contributed by atoms with Gasteiger partial charge in [0.15, 0.2) is 5.11 Å². The van der Waals surface area contributed by atoms with Crippen LogP contribution < -0.4 is 14.9 Å². The molecule has 1 saturated heterocycles. The Kier molecular flexibility index (Phi) is 6.65. The Bertz CT molecular complexity index is 1530. The van der Waals surface area contributed by atoms with Gasteiger partial charge >= 0.3 is 0 Å². The highest BCUT2D eigenvalue weighted by Crippen LogP contribution is 2.43. The molecule has 2 aromatic heterocycles. The second-order valence-corrected chi connectivity index (χ2v) is 11.3. The largest absolute Gasteiger partial charge is 0.351 e. The lowest BCUT2D eigenvalue weighted by molar-refractivity contribution is 0.549. The highest BCUT2D eigenvalue weighted by molar-refractivity contribution is 7.92. The molecule has 2 atom stereocenters. The van der Waals surface area contributed by atoms with E-state index in [-0.39, 0.29) is 12.1 Å². The van der Waals surface area contributed by atoms with Gasteiger partial charge in [0.2, 0.25) is 10.0 Å². The van der Waals surface area contributed by atoms with Crippen LogP contribution in [0.5, 0.6) is 0 Å². The van der Waals surface area contributed by atoms with Gasteiger partial charge in [-0.05, 0) is 78.9 Å². The van der Waals surface area contributed by atoms with E-state index in [2.05, 4.69) is 15.0 Å². The van der Waals surface area contributed by atoms with Crippen LogP contribution in [0.15, 0.2) is 85.2 Å². The van der Waals surface area contributed by atoms with Crippen LogP contribution in [0.3, 0.4) is 0 Å². The van der Waals surface area contributed by atoms with Crippen LogP contribution in [0.25, 0.3) is 5.69 Å². The Hall–Kier alpha value is -3.11. The maximum atomic E-state index is 11.6. The summed E-state index contributed by atoms with van der Waals surface area (Å²) in [5.74, 6) is 0. The lowest BCUT2D eigenvalue weighted by atomic mass is 10.0. The molecule has 4 aromatic rings. The van der Waals surface area contributed by atoms with Gasteiger partial charge in [0.05, 0.1) is 28.7 Å². The molecule has 0 saturated carbocycles. The van der Waals surface area contributed by atoms with Crippen molar-refractivity contribution >= 4 is 61.9 Å². The maximum Gasteiger partial charge on any atom is 0.229 e. The fourth-order valence-corrected chi connectivity index (χ4v) is 5.78. The summed E-state index contributed by atoms with van der Waals surface area (Å²) in [4.78, 5) is 6.60. The predicted octanol–water partition coefficient (Wildman–Crippen LogP) is 5.73. The first-order valence-corrected chi connectivity index (χ1v) is 14.0. The summed E-state index contributed by atoms with van der Waals surface area (Å²) >= 11 is 18.5. The van der Waals surface area contributed by atoms with Crippen molar-refractivity contribution in [1.82, 2.24) is 14.9 Å². The minimum atomic E-state index is -3.39. The third kappa shape index (κ3) is 4.92. The summed E-state index contributed by atoms with van der Waals surface area (Å²) in [5, 5.41) is 5.02. The Morgan fingerprint density at radius 2 is 1.81 bits per heavy atom. The molecule has 7 nitrogen and oxygen atoms in total. The Morgan fingerprint density at radius 1 is 1.03 bits per heavy atom. The maximum absolute atomic E-state index is 11.6. The Morgan fingerprint density at radius 3 is 2.47 bits per heavy atom. The van der Waals surface area contributed by atoms with Gasteiger partial charge in [-0.3, -0.25) is 9.71 Å². The number of thiocarbonyl (C=S) groups is 1. The summed E-state index contributed by atoms with van der Waals surface area (Å²) in [6.07, 6.45) is 4.81. The van der Waals surface area contributed by atoms with Crippen LogP contribution in [0.2, 0.25) is 10.0 Å². The number of anilines is 2. The highest BCUT2D eigenvalue weighted by atomic mass is 35.5. The van der Waals surface area contributed by atoms with E-state index in [1.807, 2.05) is 64.2 Å². The van der Waals surface area contributed by atoms with E-state index in [1.54, 1.807) is 30.5 Å². The van der Waals surface area contributed by atoms with Gasteiger partial charge in [0, 0.05) is 34.5 Å². The first kappa shape index (κ1) is 24.6. The van der Waals surface area contributed by atoms with Crippen molar-refractivity contribution in [3.8, 4) is 5.69 Å². The average Bonchev–Trinajstić information content (AvgIpc) is 3.43. The average molecular weight is 559 g/mol. The predicted molar refractivity (Wildman–Crippen MR) is 149 cm³/mol. The van der Waals surface area contributed by atoms with E-state index in [4.69, 9.17) is 35.4 Å². The van der Waals surface area contributed by atoms with Gasteiger partial charge in [0.25, 0.3) is 0 Å². The minimum Gasteiger partial charge on any atom is -0.351 e. The first-order chi connectivity index (χ1) is 17.2. The second kappa shape index (κ2) is 9.74. The molecule has 2 unspecified atom stereocenters.